The molecule has 0 spiro atoms. The van der Waals surface area contributed by atoms with Gasteiger partial charge in [-0.05, 0) is 43.2 Å². The monoisotopic (exact) mass is 288 g/mol. The maximum Gasteiger partial charge on any atom is 0.243 e. The number of halogens is 1. The van der Waals surface area contributed by atoms with Crippen molar-refractivity contribution in [1.29, 1.82) is 0 Å². The Hall–Kier alpha value is -2.00. The van der Waals surface area contributed by atoms with Crippen LogP contribution in [0.4, 0.5) is 11.4 Å². The third-order valence-corrected chi connectivity index (χ3v) is 3.45. The predicted molar refractivity (Wildman–Crippen MR) is 84.5 cm³/mol. The highest BCUT2D eigenvalue weighted by Gasteiger charge is 2.04. The summed E-state index contributed by atoms with van der Waals surface area (Å²) in [4.78, 5) is 11.9. The van der Waals surface area contributed by atoms with E-state index in [9.17, 15) is 4.79 Å². The summed E-state index contributed by atoms with van der Waals surface area (Å²) in [6, 6.07) is 13.3. The number of carbonyl (C=O) groups excluding carboxylic acids is 1. The average molecular weight is 289 g/mol. The zero-order chi connectivity index (χ0) is 14.5. The van der Waals surface area contributed by atoms with Crippen LogP contribution in [-0.4, -0.2) is 12.5 Å². The van der Waals surface area contributed by atoms with Crippen molar-refractivity contribution in [1.82, 2.24) is 0 Å². The second-order valence-electron chi connectivity index (χ2n) is 4.68. The summed E-state index contributed by atoms with van der Waals surface area (Å²) >= 11 is 6.02. The van der Waals surface area contributed by atoms with Crippen molar-refractivity contribution < 1.29 is 4.79 Å². The Morgan fingerprint density at radius 3 is 2.55 bits per heavy atom. The molecule has 0 unspecified atom stereocenters. The molecule has 2 aromatic rings. The van der Waals surface area contributed by atoms with E-state index in [2.05, 4.69) is 10.6 Å². The van der Waals surface area contributed by atoms with Gasteiger partial charge in [-0.1, -0.05) is 35.9 Å². The maximum absolute atomic E-state index is 11.9. The molecule has 2 rings (SSSR count). The fraction of sp³-hybridized carbons (Fsp3) is 0.188. The van der Waals surface area contributed by atoms with E-state index in [4.69, 9.17) is 11.6 Å². The average Bonchev–Trinajstić information content (AvgIpc) is 2.42. The zero-order valence-electron chi connectivity index (χ0n) is 11.5. The number of nitrogens with one attached hydrogen (secondary N) is 2. The maximum atomic E-state index is 11.9. The van der Waals surface area contributed by atoms with Gasteiger partial charge >= 0.3 is 0 Å². The number of carbonyl (C=O) groups is 1. The quantitative estimate of drug-likeness (QED) is 0.892. The van der Waals surface area contributed by atoms with Gasteiger partial charge in [0.1, 0.15) is 0 Å². The van der Waals surface area contributed by atoms with Crippen LogP contribution in [0.2, 0.25) is 5.02 Å². The topological polar surface area (TPSA) is 41.1 Å². The molecule has 0 saturated heterocycles. The van der Waals surface area contributed by atoms with Crippen molar-refractivity contribution in [2.45, 2.75) is 13.8 Å². The number of benzene rings is 2. The lowest BCUT2D eigenvalue weighted by atomic mass is 10.2. The van der Waals surface area contributed by atoms with Gasteiger partial charge in [0.25, 0.3) is 0 Å². The van der Waals surface area contributed by atoms with Crippen LogP contribution >= 0.6 is 11.6 Å². The Kier molecular flexibility index (Phi) is 4.64. The lowest BCUT2D eigenvalue weighted by Gasteiger charge is -2.10. The number of amides is 1. The number of aryl methyl sites for hydroxylation is 2. The van der Waals surface area contributed by atoms with Gasteiger partial charge in [0.2, 0.25) is 5.91 Å². The van der Waals surface area contributed by atoms with Crippen molar-refractivity contribution in [3.63, 3.8) is 0 Å². The Labute approximate surface area is 124 Å². The van der Waals surface area contributed by atoms with Gasteiger partial charge in [-0.2, -0.15) is 0 Å². The van der Waals surface area contributed by atoms with E-state index in [-0.39, 0.29) is 12.5 Å². The Morgan fingerprint density at radius 2 is 1.85 bits per heavy atom. The summed E-state index contributed by atoms with van der Waals surface area (Å²) in [6.45, 7) is 4.14. The van der Waals surface area contributed by atoms with Crippen LogP contribution in [-0.2, 0) is 4.79 Å². The molecule has 0 bridgehead atoms. The molecule has 0 aliphatic rings. The first-order valence-corrected chi connectivity index (χ1v) is 6.79. The minimum absolute atomic E-state index is 0.104. The van der Waals surface area contributed by atoms with Gasteiger partial charge in [-0.25, -0.2) is 0 Å². The lowest BCUT2D eigenvalue weighted by molar-refractivity contribution is -0.114. The highest BCUT2D eigenvalue weighted by Crippen LogP contribution is 2.20. The van der Waals surface area contributed by atoms with Crippen LogP contribution < -0.4 is 10.6 Å². The third-order valence-electron chi connectivity index (χ3n) is 3.04. The Balaban J connectivity index is 1.93. The van der Waals surface area contributed by atoms with Gasteiger partial charge in [-0.15, -0.1) is 0 Å². The first-order valence-electron chi connectivity index (χ1n) is 6.42. The number of para-hydroxylation sites is 1. The molecule has 0 fully saturated rings. The summed E-state index contributed by atoms with van der Waals surface area (Å²) in [6.07, 6.45) is 0. The lowest BCUT2D eigenvalue weighted by Crippen LogP contribution is -2.22. The number of hydrogen-bond acceptors (Lipinski definition) is 2. The number of rotatable bonds is 4. The molecule has 1 amide bonds. The Bertz CT molecular complexity index is 626. The summed E-state index contributed by atoms with van der Waals surface area (Å²) in [5.41, 5.74) is 3.77. The molecule has 4 heteroatoms. The fourth-order valence-electron chi connectivity index (χ4n) is 1.82. The van der Waals surface area contributed by atoms with Crippen LogP contribution in [0.5, 0.6) is 0 Å². The summed E-state index contributed by atoms with van der Waals surface area (Å²) < 4.78 is 0. The normalized spacial score (nSPS) is 10.2. The standard InChI is InChI=1S/C16H17ClN2O/c1-11-7-8-13(9-14(11)17)19-16(20)10-18-15-6-4-3-5-12(15)2/h3-9,18H,10H2,1-2H3,(H,19,20). The van der Waals surface area contributed by atoms with E-state index in [0.717, 1.165) is 16.8 Å². The van der Waals surface area contributed by atoms with Crippen molar-refractivity contribution in [2.75, 3.05) is 17.2 Å². The van der Waals surface area contributed by atoms with Gasteiger partial charge in [-0.3, -0.25) is 4.79 Å². The Morgan fingerprint density at radius 1 is 1.10 bits per heavy atom. The van der Waals surface area contributed by atoms with E-state index in [1.54, 1.807) is 6.07 Å². The molecule has 0 aliphatic heterocycles. The number of hydrogen-bond donors (Lipinski definition) is 2. The van der Waals surface area contributed by atoms with E-state index in [0.29, 0.717) is 10.7 Å². The predicted octanol–water partition coefficient (Wildman–Crippen LogP) is 4.01. The van der Waals surface area contributed by atoms with Gasteiger partial charge in [0.15, 0.2) is 0 Å². The first kappa shape index (κ1) is 14.4. The minimum atomic E-state index is -0.104. The molecule has 0 radical (unpaired) electrons. The van der Waals surface area contributed by atoms with Crippen molar-refractivity contribution >= 4 is 28.9 Å². The van der Waals surface area contributed by atoms with Crippen LogP contribution in [0.25, 0.3) is 0 Å². The van der Waals surface area contributed by atoms with E-state index < -0.39 is 0 Å². The summed E-state index contributed by atoms with van der Waals surface area (Å²) in [5, 5.41) is 6.58. The second-order valence-corrected chi connectivity index (χ2v) is 5.09. The second kappa shape index (κ2) is 6.44. The molecule has 0 atom stereocenters. The number of anilines is 2. The van der Waals surface area contributed by atoms with E-state index in [1.165, 1.54) is 0 Å². The molecule has 104 valence electrons. The van der Waals surface area contributed by atoms with Crippen molar-refractivity contribution in [3.05, 3.63) is 58.6 Å². The highest BCUT2D eigenvalue weighted by atomic mass is 35.5. The SMILES string of the molecule is Cc1ccc(NC(=O)CNc2ccccc2C)cc1Cl. The van der Waals surface area contributed by atoms with Crippen LogP contribution in [0.1, 0.15) is 11.1 Å². The summed E-state index contributed by atoms with van der Waals surface area (Å²) in [7, 11) is 0. The van der Waals surface area contributed by atoms with Crippen molar-refractivity contribution in [3.8, 4) is 0 Å². The third kappa shape index (κ3) is 3.75. The zero-order valence-corrected chi connectivity index (χ0v) is 12.3. The fourth-order valence-corrected chi connectivity index (χ4v) is 2.00. The van der Waals surface area contributed by atoms with Crippen molar-refractivity contribution in [2.24, 2.45) is 0 Å². The molecular weight excluding hydrogens is 272 g/mol. The van der Waals surface area contributed by atoms with Crippen LogP contribution in [0.15, 0.2) is 42.5 Å². The largest absolute Gasteiger partial charge is 0.376 e. The van der Waals surface area contributed by atoms with Crippen LogP contribution in [0, 0.1) is 13.8 Å². The molecule has 2 N–H and O–H groups in total. The molecular formula is C16H17ClN2O. The molecule has 20 heavy (non-hydrogen) atoms. The van der Waals surface area contributed by atoms with Crippen LogP contribution in [0.3, 0.4) is 0 Å². The van der Waals surface area contributed by atoms with E-state index >= 15 is 0 Å². The first-order chi connectivity index (χ1) is 9.56. The van der Waals surface area contributed by atoms with Gasteiger partial charge < -0.3 is 10.6 Å². The van der Waals surface area contributed by atoms with E-state index in [1.807, 2.05) is 50.2 Å². The molecule has 0 heterocycles. The minimum Gasteiger partial charge on any atom is -0.376 e. The van der Waals surface area contributed by atoms with Gasteiger partial charge in [0.05, 0.1) is 6.54 Å². The molecule has 2 aromatic carbocycles. The molecule has 0 aliphatic carbocycles. The van der Waals surface area contributed by atoms with Gasteiger partial charge in [0, 0.05) is 16.4 Å². The highest BCUT2D eigenvalue weighted by molar-refractivity contribution is 6.31. The molecule has 0 aromatic heterocycles. The molecule has 0 saturated carbocycles. The summed E-state index contributed by atoms with van der Waals surface area (Å²) in [5.74, 6) is -0.104. The smallest absolute Gasteiger partial charge is 0.243 e. The molecule has 3 nitrogen and oxygen atoms in total.